The zero-order chi connectivity index (χ0) is 18.5. The van der Waals surface area contributed by atoms with Gasteiger partial charge in [0.05, 0.1) is 35.8 Å². The number of amides is 1. The Morgan fingerprint density at radius 2 is 1.92 bits per heavy atom. The number of nitrogens with zero attached hydrogens (tertiary/aromatic N) is 1. The Labute approximate surface area is 148 Å². The molecule has 0 aliphatic carbocycles. The third-order valence-corrected chi connectivity index (χ3v) is 4.43. The Hall–Kier alpha value is -1.51. The molecule has 0 aromatic heterocycles. The molecule has 0 fully saturated rings. The monoisotopic (exact) mass is 377 g/mol. The van der Waals surface area contributed by atoms with Gasteiger partial charge in [0.1, 0.15) is 5.75 Å². The molecule has 0 bridgehead atoms. The van der Waals surface area contributed by atoms with E-state index in [4.69, 9.17) is 16.3 Å². The summed E-state index contributed by atoms with van der Waals surface area (Å²) in [7, 11) is -2.10. The molecular weight excluding hydrogens is 354 g/mol. The molecule has 9 heteroatoms. The van der Waals surface area contributed by atoms with Gasteiger partial charge in [-0.2, -0.15) is 0 Å². The second-order valence-corrected chi connectivity index (χ2v) is 7.43. The number of ether oxygens (including phenoxy) is 1. The van der Waals surface area contributed by atoms with Crippen LogP contribution in [0.1, 0.15) is 31.1 Å². The van der Waals surface area contributed by atoms with Crippen molar-refractivity contribution >= 4 is 33.2 Å². The number of nitrogens with one attached hydrogen (secondary N) is 2. The van der Waals surface area contributed by atoms with E-state index in [9.17, 15) is 13.2 Å². The molecule has 0 radical (unpaired) electrons. The molecule has 1 aromatic rings. The Kier molecular flexibility index (Phi) is 7.31. The molecule has 7 nitrogen and oxygen atoms in total. The molecule has 0 saturated carbocycles. The number of hydrogen-bond acceptors (Lipinski definition) is 5. The molecule has 0 aliphatic rings. The van der Waals surface area contributed by atoms with Crippen LogP contribution in [0.3, 0.4) is 0 Å². The molecular formula is C15H24ClN3O4S. The summed E-state index contributed by atoms with van der Waals surface area (Å²) in [6.07, 6.45) is 0.828. The van der Waals surface area contributed by atoms with Crippen LogP contribution in [-0.4, -0.2) is 51.8 Å². The van der Waals surface area contributed by atoms with Gasteiger partial charge >= 0.3 is 0 Å². The number of anilines is 1. The van der Waals surface area contributed by atoms with Crippen LogP contribution in [0.5, 0.6) is 5.75 Å². The second kappa shape index (κ2) is 8.55. The Balaban J connectivity index is 3.16. The summed E-state index contributed by atoms with van der Waals surface area (Å²) in [6.45, 7) is 7.46. The smallest absolute Gasteiger partial charge is 0.256 e. The molecule has 1 aromatic carbocycles. The van der Waals surface area contributed by atoms with Gasteiger partial charge in [0.15, 0.2) is 0 Å². The summed E-state index contributed by atoms with van der Waals surface area (Å²) in [5.74, 6) is -0.109. The van der Waals surface area contributed by atoms with Gasteiger partial charge in [-0.05, 0) is 26.1 Å². The summed E-state index contributed by atoms with van der Waals surface area (Å²) in [5, 5.41) is 3.01. The highest BCUT2D eigenvalue weighted by molar-refractivity contribution is 7.92. The van der Waals surface area contributed by atoms with Crippen molar-refractivity contribution in [1.82, 2.24) is 10.2 Å². The number of hydrogen-bond donors (Lipinski definition) is 2. The molecule has 24 heavy (non-hydrogen) atoms. The van der Waals surface area contributed by atoms with Crippen LogP contribution in [0.25, 0.3) is 0 Å². The minimum atomic E-state index is -3.52. The van der Waals surface area contributed by atoms with Crippen molar-refractivity contribution in [3.8, 4) is 5.75 Å². The first kappa shape index (κ1) is 20.5. The van der Waals surface area contributed by atoms with Crippen molar-refractivity contribution in [2.45, 2.75) is 26.9 Å². The fraction of sp³-hybridized carbons (Fsp3) is 0.533. The lowest BCUT2D eigenvalue weighted by Gasteiger charge is -2.27. The van der Waals surface area contributed by atoms with Gasteiger partial charge in [-0.25, -0.2) is 8.42 Å². The zero-order valence-electron chi connectivity index (χ0n) is 14.5. The molecule has 0 spiro atoms. The predicted octanol–water partition coefficient (Wildman–Crippen LogP) is 2.14. The van der Waals surface area contributed by atoms with Crippen LogP contribution in [-0.2, 0) is 10.0 Å². The Morgan fingerprint density at radius 3 is 2.38 bits per heavy atom. The first-order valence-electron chi connectivity index (χ1n) is 7.53. The van der Waals surface area contributed by atoms with E-state index < -0.39 is 10.0 Å². The highest BCUT2D eigenvalue weighted by Crippen LogP contribution is 2.31. The van der Waals surface area contributed by atoms with Crippen LogP contribution in [0.4, 0.5) is 5.69 Å². The molecule has 1 unspecified atom stereocenters. The SMILES string of the molecule is CCN(CC)C(C)NC(=O)c1cc(NS(C)(=O)=O)c(Cl)cc1OC. The lowest BCUT2D eigenvalue weighted by molar-refractivity contribution is 0.0872. The first-order chi connectivity index (χ1) is 11.1. The van der Waals surface area contributed by atoms with Gasteiger partial charge in [0, 0.05) is 6.07 Å². The second-order valence-electron chi connectivity index (χ2n) is 5.28. The lowest BCUT2D eigenvalue weighted by atomic mass is 10.1. The van der Waals surface area contributed by atoms with E-state index in [2.05, 4.69) is 14.9 Å². The number of sulfonamides is 1. The van der Waals surface area contributed by atoms with Crippen LogP contribution >= 0.6 is 11.6 Å². The Bertz CT molecular complexity index is 690. The molecule has 0 heterocycles. The van der Waals surface area contributed by atoms with Gasteiger partial charge in [-0.3, -0.25) is 14.4 Å². The van der Waals surface area contributed by atoms with E-state index in [1.54, 1.807) is 0 Å². The standard InChI is InChI=1S/C15H24ClN3O4S/c1-6-19(7-2)10(3)17-15(20)11-8-13(18-24(5,21)22)12(16)9-14(11)23-4/h8-10,18H,6-7H2,1-5H3,(H,17,20). The highest BCUT2D eigenvalue weighted by Gasteiger charge is 2.20. The minimum Gasteiger partial charge on any atom is -0.496 e. The lowest BCUT2D eigenvalue weighted by Crippen LogP contribution is -2.46. The van der Waals surface area contributed by atoms with Crippen molar-refractivity contribution in [3.63, 3.8) is 0 Å². The summed E-state index contributed by atoms with van der Waals surface area (Å²) < 4.78 is 30.3. The molecule has 0 saturated heterocycles. The highest BCUT2D eigenvalue weighted by atomic mass is 35.5. The fourth-order valence-electron chi connectivity index (χ4n) is 2.31. The summed E-state index contributed by atoms with van der Waals surface area (Å²) in [6, 6.07) is 2.78. The first-order valence-corrected chi connectivity index (χ1v) is 9.80. The molecule has 0 aliphatic heterocycles. The predicted molar refractivity (Wildman–Crippen MR) is 96.3 cm³/mol. The number of methoxy groups -OCH3 is 1. The van der Waals surface area contributed by atoms with Crippen molar-refractivity contribution in [3.05, 3.63) is 22.7 Å². The van der Waals surface area contributed by atoms with E-state index in [0.29, 0.717) is 0 Å². The maximum Gasteiger partial charge on any atom is 0.256 e. The van der Waals surface area contributed by atoms with E-state index in [1.807, 2.05) is 20.8 Å². The number of carbonyl (C=O) groups excluding carboxylic acids is 1. The molecule has 2 N–H and O–H groups in total. The summed E-state index contributed by atoms with van der Waals surface area (Å²) in [4.78, 5) is 14.6. The van der Waals surface area contributed by atoms with E-state index >= 15 is 0 Å². The van der Waals surface area contributed by atoms with Gasteiger partial charge in [-0.15, -0.1) is 0 Å². The molecule has 1 atom stereocenters. The van der Waals surface area contributed by atoms with Gasteiger partial charge < -0.3 is 10.1 Å². The zero-order valence-corrected chi connectivity index (χ0v) is 16.1. The average molecular weight is 378 g/mol. The maximum absolute atomic E-state index is 12.6. The van der Waals surface area contributed by atoms with Crippen molar-refractivity contribution in [2.75, 3.05) is 31.2 Å². The molecule has 136 valence electrons. The van der Waals surface area contributed by atoms with E-state index in [-0.39, 0.29) is 34.1 Å². The van der Waals surface area contributed by atoms with Crippen LogP contribution in [0.2, 0.25) is 5.02 Å². The van der Waals surface area contributed by atoms with Crippen LogP contribution in [0.15, 0.2) is 12.1 Å². The number of carbonyl (C=O) groups is 1. The summed E-state index contributed by atoms with van der Waals surface area (Å²) in [5.41, 5.74) is 0.327. The van der Waals surface area contributed by atoms with E-state index in [0.717, 1.165) is 19.3 Å². The van der Waals surface area contributed by atoms with Gasteiger partial charge in [0.2, 0.25) is 10.0 Å². The summed E-state index contributed by atoms with van der Waals surface area (Å²) >= 11 is 6.05. The maximum atomic E-state index is 12.6. The van der Waals surface area contributed by atoms with Crippen molar-refractivity contribution in [2.24, 2.45) is 0 Å². The average Bonchev–Trinajstić information content (AvgIpc) is 2.48. The minimum absolute atomic E-state index is 0.126. The molecule has 1 rings (SSSR count). The number of halogens is 1. The number of rotatable bonds is 8. The third kappa shape index (κ3) is 5.54. The topological polar surface area (TPSA) is 87.7 Å². The Morgan fingerprint density at radius 1 is 1.33 bits per heavy atom. The van der Waals surface area contributed by atoms with Gasteiger partial charge in [0.25, 0.3) is 5.91 Å². The van der Waals surface area contributed by atoms with Gasteiger partial charge in [-0.1, -0.05) is 25.4 Å². The largest absolute Gasteiger partial charge is 0.496 e. The van der Waals surface area contributed by atoms with Crippen LogP contribution < -0.4 is 14.8 Å². The number of benzene rings is 1. The van der Waals surface area contributed by atoms with Crippen molar-refractivity contribution in [1.29, 1.82) is 0 Å². The fourth-order valence-corrected chi connectivity index (χ4v) is 3.13. The van der Waals surface area contributed by atoms with Crippen LogP contribution in [0, 0.1) is 0 Å². The van der Waals surface area contributed by atoms with E-state index in [1.165, 1.54) is 19.2 Å². The quantitative estimate of drug-likeness (QED) is 0.677. The van der Waals surface area contributed by atoms with Crippen molar-refractivity contribution < 1.29 is 17.9 Å². The normalized spacial score (nSPS) is 12.8. The molecule has 1 amide bonds. The third-order valence-electron chi connectivity index (χ3n) is 3.53.